The number of pyridine rings is 1. The largest absolute Gasteiger partial charge is 0.346 e. The van der Waals surface area contributed by atoms with E-state index in [2.05, 4.69) is 19.9 Å². The number of H-pyrrole nitrogens is 1. The van der Waals surface area contributed by atoms with Crippen LogP contribution in [0.15, 0.2) is 43.0 Å². The van der Waals surface area contributed by atoms with E-state index in [-0.39, 0.29) is 0 Å². The lowest BCUT2D eigenvalue weighted by molar-refractivity contribution is 1.19. The van der Waals surface area contributed by atoms with Crippen molar-refractivity contribution in [1.29, 1.82) is 0 Å². The van der Waals surface area contributed by atoms with Crippen LogP contribution in [0.4, 0.5) is 0 Å². The highest BCUT2D eigenvalue weighted by molar-refractivity contribution is 5.76. The van der Waals surface area contributed by atoms with E-state index in [9.17, 15) is 0 Å². The van der Waals surface area contributed by atoms with Crippen LogP contribution in [0.5, 0.6) is 0 Å². The summed E-state index contributed by atoms with van der Waals surface area (Å²) in [5, 5.41) is 1.02. The second kappa shape index (κ2) is 3.16. The van der Waals surface area contributed by atoms with Gasteiger partial charge in [-0.2, -0.15) is 0 Å². The highest BCUT2D eigenvalue weighted by Crippen LogP contribution is 2.15. The molecule has 3 aromatic rings. The number of aromatic nitrogens is 4. The second-order valence-electron chi connectivity index (χ2n) is 3.22. The topological polar surface area (TPSA) is 54.5 Å². The number of nitrogens with zero attached hydrogens (tertiary/aromatic N) is 3. The third kappa shape index (κ3) is 1.36. The Hall–Kier alpha value is -2.23. The van der Waals surface area contributed by atoms with Crippen molar-refractivity contribution in [1.82, 2.24) is 19.9 Å². The fraction of sp³-hybridized carbons (Fsp3) is 0. The summed E-state index contributed by atoms with van der Waals surface area (Å²) in [5.41, 5.74) is 1.78. The van der Waals surface area contributed by atoms with Gasteiger partial charge in [-0.3, -0.25) is 4.98 Å². The predicted octanol–water partition coefficient (Wildman–Crippen LogP) is 2.02. The minimum atomic E-state index is 0.693. The fourth-order valence-electron chi connectivity index (χ4n) is 1.47. The van der Waals surface area contributed by atoms with E-state index in [1.54, 1.807) is 18.6 Å². The van der Waals surface area contributed by atoms with Gasteiger partial charge in [0.25, 0.3) is 0 Å². The van der Waals surface area contributed by atoms with Gasteiger partial charge in [-0.1, -0.05) is 0 Å². The molecule has 0 aliphatic rings. The lowest BCUT2D eigenvalue weighted by Gasteiger charge is -1.98. The standard InChI is InChI=1S/C11H8N4/c1-2-8(6-12-4-1)11-14-7-9-3-5-13-10(9)15-11/h1-7H,(H,13,14,15). The third-order valence-corrected chi connectivity index (χ3v) is 2.22. The van der Waals surface area contributed by atoms with Crippen molar-refractivity contribution in [3.05, 3.63) is 43.0 Å². The maximum absolute atomic E-state index is 4.40. The molecule has 3 rings (SSSR count). The molecule has 0 spiro atoms. The van der Waals surface area contributed by atoms with Gasteiger partial charge in [0.2, 0.25) is 0 Å². The fourth-order valence-corrected chi connectivity index (χ4v) is 1.47. The van der Waals surface area contributed by atoms with Crippen molar-refractivity contribution < 1.29 is 0 Å². The van der Waals surface area contributed by atoms with Crippen LogP contribution >= 0.6 is 0 Å². The van der Waals surface area contributed by atoms with Gasteiger partial charge in [-0.05, 0) is 18.2 Å². The summed E-state index contributed by atoms with van der Waals surface area (Å²) in [6, 6.07) is 5.76. The molecule has 0 aliphatic carbocycles. The molecular weight excluding hydrogens is 188 g/mol. The molecule has 4 heteroatoms. The Morgan fingerprint density at radius 1 is 1.13 bits per heavy atom. The molecule has 0 fully saturated rings. The zero-order chi connectivity index (χ0) is 10.1. The summed E-state index contributed by atoms with van der Waals surface area (Å²) in [4.78, 5) is 15.8. The zero-order valence-corrected chi connectivity index (χ0v) is 7.88. The van der Waals surface area contributed by atoms with Crippen molar-refractivity contribution >= 4 is 11.0 Å². The molecule has 15 heavy (non-hydrogen) atoms. The molecular formula is C11H8N4. The van der Waals surface area contributed by atoms with Gasteiger partial charge in [0.15, 0.2) is 5.82 Å². The highest BCUT2D eigenvalue weighted by Gasteiger charge is 2.02. The van der Waals surface area contributed by atoms with Gasteiger partial charge in [0.1, 0.15) is 5.65 Å². The van der Waals surface area contributed by atoms with Crippen LogP contribution in [0.2, 0.25) is 0 Å². The van der Waals surface area contributed by atoms with E-state index < -0.39 is 0 Å². The summed E-state index contributed by atoms with van der Waals surface area (Å²) < 4.78 is 0. The Kier molecular flexibility index (Phi) is 1.71. The van der Waals surface area contributed by atoms with Gasteiger partial charge in [0.05, 0.1) is 0 Å². The first-order valence-electron chi connectivity index (χ1n) is 4.64. The summed E-state index contributed by atoms with van der Waals surface area (Å²) in [7, 11) is 0. The molecule has 4 nitrogen and oxygen atoms in total. The maximum atomic E-state index is 4.40. The van der Waals surface area contributed by atoms with Crippen LogP contribution in [0.3, 0.4) is 0 Å². The van der Waals surface area contributed by atoms with Crippen LogP contribution in [-0.4, -0.2) is 19.9 Å². The summed E-state index contributed by atoms with van der Waals surface area (Å²) >= 11 is 0. The molecule has 72 valence electrons. The van der Waals surface area contributed by atoms with E-state index in [1.807, 2.05) is 24.4 Å². The van der Waals surface area contributed by atoms with E-state index in [0.29, 0.717) is 5.82 Å². The molecule has 0 saturated carbocycles. The first-order valence-corrected chi connectivity index (χ1v) is 4.64. The van der Waals surface area contributed by atoms with Crippen molar-refractivity contribution in [2.75, 3.05) is 0 Å². The molecule has 0 saturated heterocycles. The summed E-state index contributed by atoms with van der Waals surface area (Å²) in [6.45, 7) is 0. The monoisotopic (exact) mass is 196 g/mol. The lowest BCUT2D eigenvalue weighted by Crippen LogP contribution is -1.89. The van der Waals surface area contributed by atoms with Gasteiger partial charge < -0.3 is 4.98 Å². The van der Waals surface area contributed by atoms with E-state index in [0.717, 1.165) is 16.6 Å². The van der Waals surface area contributed by atoms with E-state index >= 15 is 0 Å². The Bertz CT molecular complexity index is 586. The van der Waals surface area contributed by atoms with Gasteiger partial charge >= 0.3 is 0 Å². The van der Waals surface area contributed by atoms with Crippen LogP contribution in [0.1, 0.15) is 0 Å². The van der Waals surface area contributed by atoms with Crippen LogP contribution in [0, 0.1) is 0 Å². The number of fused-ring (bicyclic) bond motifs is 1. The number of rotatable bonds is 1. The molecule has 3 heterocycles. The average Bonchev–Trinajstić information content (AvgIpc) is 2.77. The minimum absolute atomic E-state index is 0.693. The normalized spacial score (nSPS) is 10.7. The van der Waals surface area contributed by atoms with Crippen LogP contribution in [-0.2, 0) is 0 Å². The van der Waals surface area contributed by atoms with Crippen molar-refractivity contribution in [3.8, 4) is 11.4 Å². The second-order valence-corrected chi connectivity index (χ2v) is 3.22. The SMILES string of the molecule is c1cncc(-c2ncc3cc[nH]c3n2)c1. The van der Waals surface area contributed by atoms with Gasteiger partial charge in [0, 0.05) is 35.7 Å². The Labute approximate surface area is 86.0 Å². The molecule has 0 aromatic carbocycles. The minimum Gasteiger partial charge on any atom is -0.346 e. The van der Waals surface area contributed by atoms with E-state index in [1.165, 1.54) is 0 Å². The molecule has 3 aromatic heterocycles. The number of hydrogen-bond acceptors (Lipinski definition) is 3. The molecule has 0 atom stereocenters. The first-order chi connectivity index (χ1) is 7.43. The zero-order valence-electron chi connectivity index (χ0n) is 7.88. The quantitative estimate of drug-likeness (QED) is 0.647. The molecule has 0 amide bonds. The molecule has 0 radical (unpaired) electrons. The average molecular weight is 196 g/mol. The Balaban J connectivity index is 2.19. The Morgan fingerprint density at radius 3 is 3.00 bits per heavy atom. The lowest BCUT2D eigenvalue weighted by atomic mass is 10.2. The molecule has 0 aliphatic heterocycles. The summed E-state index contributed by atoms with van der Waals surface area (Å²) in [6.07, 6.45) is 7.15. The van der Waals surface area contributed by atoms with Crippen LogP contribution in [0.25, 0.3) is 22.4 Å². The van der Waals surface area contributed by atoms with Gasteiger partial charge in [-0.15, -0.1) is 0 Å². The first kappa shape index (κ1) is 8.11. The van der Waals surface area contributed by atoms with Crippen LogP contribution < -0.4 is 0 Å². The highest BCUT2D eigenvalue weighted by atomic mass is 14.9. The Morgan fingerprint density at radius 2 is 2.13 bits per heavy atom. The number of aromatic amines is 1. The van der Waals surface area contributed by atoms with E-state index in [4.69, 9.17) is 0 Å². The number of hydrogen-bond donors (Lipinski definition) is 1. The molecule has 0 unspecified atom stereocenters. The van der Waals surface area contributed by atoms with Crippen molar-refractivity contribution in [2.45, 2.75) is 0 Å². The summed E-state index contributed by atoms with van der Waals surface area (Å²) in [5.74, 6) is 0.693. The molecule has 1 N–H and O–H groups in total. The smallest absolute Gasteiger partial charge is 0.163 e. The predicted molar refractivity (Wildman–Crippen MR) is 57.1 cm³/mol. The maximum Gasteiger partial charge on any atom is 0.163 e. The van der Waals surface area contributed by atoms with Crippen molar-refractivity contribution in [3.63, 3.8) is 0 Å². The van der Waals surface area contributed by atoms with Crippen molar-refractivity contribution in [2.24, 2.45) is 0 Å². The third-order valence-electron chi connectivity index (χ3n) is 2.22. The molecule has 0 bridgehead atoms. The number of nitrogens with one attached hydrogen (secondary N) is 1. The van der Waals surface area contributed by atoms with Gasteiger partial charge in [-0.25, -0.2) is 9.97 Å².